The lowest BCUT2D eigenvalue weighted by atomic mass is 10.1. The molecule has 3 rings (SSSR count). The molecule has 136 valence electrons. The molecule has 5 nitrogen and oxygen atoms in total. The second kappa shape index (κ2) is 8.52. The minimum atomic E-state index is -0.590. The van der Waals surface area contributed by atoms with E-state index in [9.17, 15) is 9.59 Å². The summed E-state index contributed by atoms with van der Waals surface area (Å²) in [5, 5.41) is 0. The van der Waals surface area contributed by atoms with Gasteiger partial charge in [0, 0.05) is 12.8 Å². The zero-order chi connectivity index (χ0) is 18.4. The van der Waals surface area contributed by atoms with E-state index in [1.165, 1.54) is 5.56 Å². The number of carbonyl (C=O) groups excluding carboxylic acids is 2. The number of hydrogen-bond donors (Lipinski definition) is 1. The van der Waals surface area contributed by atoms with Crippen molar-refractivity contribution < 1.29 is 14.3 Å². The first-order valence-corrected chi connectivity index (χ1v) is 8.98. The van der Waals surface area contributed by atoms with Crippen molar-refractivity contribution in [2.45, 2.75) is 37.8 Å². The maximum atomic E-state index is 12.6. The molecule has 0 aromatic heterocycles. The molecule has 0 spiro atoms. The number of nitrogens with two attached hydrogens (primary N) is 1. The summed E-state index contributed by atoms with van der Waals surface area (Å²) in [6, 6.07) is 18.9. The van der Waals surface area contributed by atoms with E-state index < -0.39 is 11.9 Å². The number of ether oxygens (including phenoxy) is 1. The average molecular weight is 352 g/mol. The molecular formula is C21H24N2O3. The van der Waals surface area contributed by atoms with E-state index in [1.54, 1.807) is 4.90 Å². The molecule has 26 heavy (non-hydrogen) atoms. The van der Waals surface area contributed by atoms with E-state index in [0.29, 0.717) is 19.4 Å². The molecule has 2 aromatic rings. The van der Waals surface area contributed by atoms with Crippen molar-refractivity contribution in [3.8, 4) is 5.75 Å². The van der Waals surface area contributed by atoms with Crippen LogP contribution in [0.4, 0.5) is 0 Å². The Kier molecular flexibility index (Phi) is 5.89. The van der Waals surface area contributed by atoms with Crippen molar-refractivity contribution in [3.63, 3.8) is 0 Å². The van der Waals surface area contributed by atoms with Crippen molar-refractivity contribution in [1.29, 1.82) is 0 Å². The van der Waals surface area contributed by atoms with Gasteiger partial charge in [-0.2, -0.15) is 0 Å². The Bertz CT molecular complexity index is 733. The van der Waals surface area contributed by atoms with Crippen molar-refractivity contribution in [2.24, 2.45) is 5.73 Å². The van der Waals surface area contributed by atoms with Gasteiger partial charge in [-0.05, 0) is 30.5 Å². The molecule has 1 heterocycles. The minimum absolute atomic E-state index is 0.0381. The molecule has 2 atom stereocenters. The lowest BCUT2D eigenvalue weighted by molar-refractivity contribution is -0.137. The molecular weight excluding hydrogens is 328 g/mol. The van der Waals surface area contributed by atoms with E-state index in [-0.39, 0.29) is 12.0 Å². The van der Waals surface area contributed by atoms with Gasteiger partial charge in [-0.25, -0.2) is 0 Å². The second-order valence-corrected chi connectivity index (χ2v) is 6.59. The fourth-order valence-corrected chi connectivity index (χ4v) is 3.35. The molecule has 2 N–H and O–H groups in total. The third-order valence-electron chi connectivity index (χ3n) is 4.66. The molecule has 0 saturated carbocycles. The highest BCUT2D eigenvalue weighted by Gasteiger charge is 2.39. The van der Waals surface area contributed by atoms with Crippen LogP contribution in [0.15, 0.2) is 60.7 Å². The Labute approximate surface area is 153 Å². The molecule has 1 fully saturated rings. The minimum Gasteiger partial charge on any atom is -0.488 e. The van der Waals surface area contributed by atoms with Crippen LogP contribution in [0.3, 0.4) is 0 Å². The van der Waals surface area contributed by atoms with Crippen LogP contribution in [0, 0.1) is 0 Å². The summed E-state index contributed by atoms with van der Waals surface area (Å²) >= 11 is 0. The number of likely N-dealkylation sites (tertiary alicyclic amines) is 1. The van der Waals surface area contributed by atoms with E-state index in [0.717, 1.165) is 18.6 Å². The topological polar surface area (TPSA) is 72.6 Å². The van der Waals surface area contributed by atoms with Crippen LogP contribution in [0.2, 0.25) is 0 Å². The highest BCUT2D eigenvalue weighted by molar-refractivity contribution is 5.87. The molecule has 1 saturated heterocycles. The van der Waals surface area contributed by atoms with E-state index in [1.807, 2.05) is 48.5 Å². The van der Waals surface area contributed by atoms with E-state index >= 15 is 0 Å². The SMILES string of the molecule is NC(=O)[C@@H]1C[C@H](Oc2ccccc2)CN1C(=O)CCCc1ccccc1. The van der Waals surface area contributed by atoms with Crippen LogP contribution >= 0.6 is 0 Å². The number of benzene rings is 2. The number of aryl methyl sites for hydroxylation is 1. The Morgan fingerprint density at radius 3 is 2.35 bits per heavy atom. The number of hydrogen-bond acceptors (Lipinski definition) is 3. The van der Waals surface area contributed by atoms with Gasteiger partial charge >= 0.3 is 0 Å². The van der Waals surface area contributed by atoms with Crippen molar-refractivity contribution in [1.82, 2.24) is 4.90 Å². The number of primary amides is 1. The average Bonchev–Trinajstić information content (AvgIpc) is 3.08. The van der Waals surface area contributed by atoms with Gasteiger partial charge in [0.25, 0.3) is 0 Å². The normalized spacial score (nSPS) is 19.3. The summed E-state index contributed by atoms with van der Waals surface area (Å²) in [7, 11) is 0. The fraction of sp³-hybridized carbons (Fsp3) is 0.333. The monoisotopic (exact) mass is 352 g/mol. The standard InChI is InChI=1S/C21H24N2O3/c22-21(25)19-14-18(26-17-11-5-2-6-12-17)15-23(19)20(24)13-7-10-16-8-3-1-4-9-16/h1-6,8-9,11-12,18-19H,7,10,13-15H2,(H2,22,25)/t18-,19-/m0/s1. The quantitative estimate of drug-likeness (QED) is 0.832. The van der Waals surface area contributed by atoms with Crippen LogP contribution in [0.5, 0.6) is 5.75 Å². The Morgan fingerprint density at radius 1 is 1.04 bits per heavy atom. The summed E-state index contributed by atoms with van der Waals surface area (Å²) in [5.41, 5.74) is 6.72. The van der Waals surface area contributed by atoms with Gasteiger partial charge in [-0.3, -0.25) is 9.59 Å². The zero-order valence-electron chi connectivity index (χ0n) is 14.7. The van der Waals surface area contributed by atoms with Crippen LogP contribution in [-0.2, 0) is 16.0 Å². The van der Waals surface area contributed by atoms with E-state index in [2.05, 4.69) is 12.1 Å². The first kappa shape index (κ1) is 18.0. The summed E-state index contributed by atoms with van der Waals surface area (Å²) in [6.07, 6.45) is 2.21. The zero-order valence-corrected chi connectivity index (χ0v) is 14.7. The van der Waals surface area contributed by atoms with Crippen LogP contribution in [0.25, 0.3) is 0 Å². The van der Waals surface area contributed by atoms with Gasteiger partial charge in [0.2, 0.25) is 11.8 Å². The molecule has 0 unspecified atom stereocenters. The molecule has 5 heteroatoms. The summed E-state index contributed by atoms with van der Waals surface area (Å²) in [6.45, 7) is 0.396. The summed E-state index contributed by atoms with van der Waals surface area (Å²) in [4.78, 5) is 26.0. The van der Waals surface area contributed by atoms with Crippen molar-refractivity contribution >= 4 is 11.8 Å². The molecule has 0 radical (unpaired) electrons. The number of rotatable bonds is 7. The number of para-hydroxylation sites is 1. The van der Waals surface area contributed by atoms with Gasteiger partial charge in [-0.15, -0.1) is 0 Å². The maximum absolute atomic E-state index is 12.6. The Hall–Kier alpha value is -2.82. The fourth-order valence-electron chi connectivity index (χ4n) is 3.35. The highest BCUT2D eigenvalue weighted by Crippen LogP contribution is 2.24. The molecule has 0 aliphatic carbocycles. The predicted octanol–water partition coefficient (Wildman–Crippen LogP) is 2.54. The van der Waals surface area contributed by atoms with Gasteiger partial charge in [0.05, 0.1) is 6.54 Å². The van der Waals surface area contributed by atoms with Gasteiger partial charge in [-0.1, -0.05) is 48.5 Å². The maximum Gasteiger partial charge on any atom is 0.240 e. The predicted molar refractivity (Wildman–Crippen MR) is 99.6 cm³/mol. The van der Waals surface area contributed by atoms with Gasteiger partial charge < -0.3 is 15.4 Å². The molecule has 1 aliphatic heterocycles. The lowest BCUT2D eigenvalue weighted by Gasteiger charge is -2.21. The molecule has 0 bridgehead atoms. The smallest absolute Gasteiger partial charge is 0.240 e. The number of amides is 2. The van der Waals surface area contributed by atoms with Crippen LogP contribution in [0.1, 0.15) is 24.8 Å². The van der Waals surface area contributed by atoms with Gasteiger partial charge in [0.15, 0.2) is 0 Å². The largest absolute Gasteiger partial charge is 0.488 e. The van der Waals surface area contributed by atoms with Crippen LogP contribution < -0.4 is 10.5 Å². The third-order valence-corrected chi connectivity index (χ3v) is 4.66. The molecule has 1 aliphatic rings. The number of carbonyl (C=O) groups is 2. The van der Waals surface area contributed by atoms with E-state index in [4.69, 9.17) is 10.5 Å². The first-order chi connectivity index (χ1) is 12.6. The summed E-state index contributed by atoms with van der Waals surface area (Å²) < 4.78 is 5.91. The van der Waals surface area contributed by atoms with Crippen LogP contribution in [-0.4, -0.2) is 35.4 Å². The first-order valence-electron chi connectivity index (χ1n) is 8.98. The molecule has 2 amide bonds. The summed E-state index contributed by atoms with van der Waals surface area (Å²) in [5.74, 6) is 0.226. The van der Waals surface area contributed by atoms with Crippen molar-refractivity contribution in [3.05, 3.63) is 66.2 Å². The second-order valence-electron chi connectivity index (χ2n) is 6.59. The van der Waals surface area contributed by atoms with Crippen molar-refractivity contribution in [2.75, 3.05) is 6.54 Å². The molecule has 2 aromatic carbocycles. The Morgan fingerprint density at radius 2 is 1.69 bits per heavy atom. The van der Waals surface area contributed by atoms with Gasteiger partial charge in [0.1, 0.15) is 17.9 Å². The Balaban J connectivity index is 1.55. The highest BCUT2D eigenvalue weighted by atomic mass is 16.5. The lowest BCUT2D eigenvalue weighted by Crippen LogP contribution is -2.43. The number of nitrogens with zero attached hydrogens (tertiary/aromatic N) is 1. The third kappa shape index (κ3) is 4.63.